The van der Waals surface area contributed by atoms with E-state index in [1.54, 1.807) is 24.3 Å². The van der Waals surface area contributed by atoms with Crippen LogP contribution >= 0.6 is 0 Å². The predicted octanol–water partition coefficient (Wildman–Crippen LogP) is 2.02. The number of benzene rings is 2. The molecule has 0 heterocycles. The van der Waals surface area contributed by atoms with E-state index >= 15 is 0 Å². The van der Waals surface area contributed by atoms with Gasteiger partial charge in [-0.15, -0.1) is 0 Å². The third-order valence-electron chi connectivity index (χ3n) is 4.03. The number of rotatable bonds is 8. The van der Waals surface area contributed by atoms with Crippen LogP contribution in [0.25, 0.3) is 0 Å². The van der Waals surface area contributed by atoms with Gasteiger partial charge in [0, 0.05) is 6.42 Å². The van der Waals surface area contributed by atoms with Gasteiger partial charge in [0.1, 0.15) is 11.9 Å². The zero-order chi connectivity index (χ0) is 18.9. The van der Waals surface area contributed by atoms with Crippen LogP contribution in [0.5, 0.6) is 5.75 Å². The molecule has 0 fully saturated rings. The third-order valence-corrected chi connectivity index (χ3v) is 4.03. The number of hydrogen-bond acceptors (Lipinski definition) is 5. The van der Waals surface area contributed by atoms with Crippen molar-refractivity contribution in [2.24, 2.45) is 0 Å². The van der Waals surface area contributed by atoms with Crippen LogP contribution in [0.1, 0.15) is 23.7 Å². The Hall–Kier alpha value is -2.86. The summed E-state index contributed by atoms with van der Waals surface area (Å²) >= 11 is 0. The van der Waals surface area contributed by atoms with Crippen molar-refractivity contribution in [3.8, 4) is 5.75 Å². The Kier molecular flexibility index (Phi) is 7.17. The van der Waals surface area contributed by atoms with Crippen molar-refractivity contribution in [1.82, 2.24) is 5.32 Å². The van der Waals surface area contributed by atoms with Crippen LogP contribution in [0.4, 0.5) is 0 Å². The molecule has 6 nitrogen and oxygen atoms in total. The lowest BCUT2D eigenvalue weighted by Crippen LogP contribution is -2.45. The SMILES string of the molecule is COC(=O)C(NC(=O)CCc1ccccc1)C(O)c1ccc(OC)cc1. The normalized spacial score (nSPS) is 12.7. The number of esters is 1. The van der Waals surface area contributed by atoms with E-state index in [0.717, 1.165) is 5.56 Å². The van der Waals surface area contributed by atoms with Gasteiger partial charge in [-0.25, -0.2) is 4.79 Å². The first-order valence-electron chi connectivity index (χ1n) is 8.28. The molecule has 0 radical (unpaired) electrons. The zero-order valence-electron chi connectivity index (χ0n) is 14.8. The van der Waals surface area contributed by atoms with Crippen LogP contribution in [-0.2, 0) is 20.7 Å². The van der Waals surface area contributed by atoms with Gasteiger partial charge < -0.3 is 19.9 Å². The summed E-state index contributed by atoms with van der Waals surface area (Å²) in [6, 6.07) is 15.0. The summed E-state index contributed by atoms with van der Waals surface area (Å²) in [7, 11) is 2.75. The van der Waals surface area contributed by atoms with Crippen LogP contribution < -0.4 is 10.1 Å². The summed E-state index contributed by atoms with van der Waals surface area (Å²) in [5.74, 6) is -0.416. The molecular weight excluding hydrogens is 334 g/mol. The molecular formula is C20H23NO5. The summed E-state index contributed by atoms with van der Waals surface area (Å²) in [6.07, 6.45) is -0.486. The predicted molar refractivity (Wildman–Crippen MR) is 96.7 cm³/mol. The highest BCUT2D eigenvalue weighted by atomic mass is 16.5. The van der Waals surface area contributed by atoms with E-state index in [1.165, 1.54) is 14.2 Å². The highest BCUT2D eigenvalue weighted by molar-refractivity contribution is 5.85. The van der Waals surface area contributed by atoms with Crippen LogP contribution in [0, 0.1) is 0 Å². The van der Waals surface area contributed by atoms with E-state index in [0.29, 0.717) is 17.7 Å². The quantitative estimate of drug-likeness (QED) is 0.706. The molecule has 2 N–H and O–H groups in total. The highest BCUT2D eigenvalue weighted by Gasteiger charge is 2.30. The Balaban J connectivity index is 2.03. The van der Waals surface area contributed by atoms with E-state index in [-0.39, 0.29) is 12.3 Å². The highest BCUT2D eigenvalue weighted by Crippen LogP contribution is 2.21. The molecule has 0 aliphatic rings. The molecule has 0 aliphatic heterocycles. The molecule has 2 rings (SSSR count). The Bertz CT molecular complexity index is 715. The van der Waals surface area contributed by atoms with E-state index in [1.807, 2.05) is 30.3 Å². The van der Waals surface area contributed by atoms with Gasteiger partial charge in [-0.05, 0) is 29.7 Å². The van der Waals surface area contributed by atoms with Gasteiger partial charge >= 0.3 is 5.97 Å². The van der Waals surface area contributed by atoms with Crippen LogP contribution in [0.3, 0.4) is 0 Å². The largest absolute Gasteiger partial charge is 0.497 e. The second-order valence-corrected chi connectivity index (χ2v) is 5.77. The first-order chi connectivity index (χ1) is 12.5. The first-order valence-corrected chi connectivity index (χ1v) is 8.28. The number of ether oxygens (including phenoxy) is 2. The van der Waals surface area contributed by atoms with Gasteiger partial charge in [0.25, 0.3) is 0 Å². The fourth-order valence-corrected chi connectivity index (χ4v) is 2.54. The summed E-state index contributed by atoms with van der Waals surface area (Å²) in [5.41, 5.74) is 1.50. The Labute approximate surface area is 152 Å². The fourth-order valence-electron chi connectivity index (χ4n) is 2.54. The molecule has 6 heteroatoms. The fraction of sp³-hybridized carbons (Fsp3) is 0.300. The van der Waals surface area contributed by atoms with Gasteiger partial charge in [0.05, 0.1) is 14.2 Å². The number of nitrogens with one attached hydrogen (secondary N) is 1. The third kappa shape index (κ3) is 5.32. The molecule has 2 aromatic carbocycles. The van der Waals surface area contributed by atoms with E-state index in [9.17, 15) is 14.7 Å². The average Bonchev–Trinajstić information content (AvgIpc) is 2.70. The lowest BCUT2D eigenvalue weighted by Gasteiger charge is -2.22. The molecule has 1 amide bonds. The minimum atomic E-state index is -1.23. The number of aliphatic hydroxyl groups excluding tert-OH is 1. The van der Waals surface area contributed by atoms with Crippen molar-refractivity contribution >= 4 is 11.9 Å². The summed E-state index contributed by atoms with van der Waals surface area (Å²) in [6.45, 7) is 0. The molecule has 0 saturated heterocycles. The van der Waals surface area contributed by atoms with E-state index in [2.05, 4.69) is 5.32 Å². The van der Waals surface area contributed by atoms with Gasteiger partial charge in [-0.3, -0.25) is 4.79 Å². The molecule has 26 heavy (non-hydrogen) atoms. The molecule has 0 aliphatic carbocycles. The smallest absolute Gasteiger partial charge is 0.331 e. The van der Waals surface area contributed by atoms with E-state index in [4.69, 9.17) is 9.47 Å². The summed E-state index contributed by atoms with van der Waals surface area (Å²) in [4.78, 5) is 24.3. The maximum Gasteiger partial charge on any atom is 0.331 e. The van der Waals surface area contributed by atoms with Crippen molar-refractivity contribution in [2.45, 2.75) is 25.0 Å². The number of carbonyl (C=O) groups is 2. The van der Waals surface area contributed by atoms with Crippen LogP contribution in [0.15, 0.2) is 54.6 Å². The number of amides is 1. The van der Waals surface area contributed by atoms with Crippen molar-refractivity contribution in [3.63, 3.8) is 0 Å². The lowest BCUT2D eigenvalue weighted by atomic mass is 10.0. The first kappa shape index (κ1) is 19.5. The van der Waals surface area contributed by atoms with Crippen molar-refractivity contribution in [1.29, 1.82) is 0 Å². The topological polar surface area (TPSA) is 84.9 Å². The van der Waals surface area contributed by atoms with Crippen molar-refractivity contribution in [3.05, 3.63) is 65.7 Å². The number of aryl methyl sites for hydroxylation is 1. The maximum atomic E-state index is 12.2. The minimum absolute atomic E-state index is 0.201. The van der Waals surface area contributed by atoms with Gasteiger partial charge in [0.2, 0.25) is 5.91 Å². The van der Waals surface area contributed by atoms with Gasteiger partial charge in [0.15, 0.2) is 6.04 Å². The standard InChI is InChI=1S/C20H23NO5/c1-25-16-11-9-15(10-12-16)19(23)18(20(24)26-2)21-17(22)13-8-14-6-4-3-5-7-14/h3-7,9-12,18-19,23H,8,13H2,1-2H3,(H,21,22). The number of aliphatic hydroxyl groups is 1. The number of methoxy groups -OCH3 is 2. The monoisotopic (exact) mass is 357 g/mol. The molecule has 2 atom stereocenters. The second-order valence-electron chi connectivity index (χ2n) is 5.77. The van der Waals surface area contributed by atoms with Crippen molar-refractivity contribution in [2.75, 3.05) is 14.2 Å². The van der Waals surface area contributed by atoms with Crippen LogP contribution in [0.2, 0.25) is 0 Å². The van der Waals surface area contributed by atoms with E-state index < -0.39 is 18.1 Å². The number of carbonyl (C=O) groups excluding carboxylic acids is 2. The molecule has 138 valence electrons. The summed E-state index contributed by atoms with van der Waals surface area (Å²) < 4.78 is 9.80. The van der Waals surface area contributed by atoms with Gasteiger partial charge in [-0.2, -0.15) is 0 Å². The lowest BCUT2D eigenvalue weighted by molar-refractivity contribution is -0.148. The Morgan fingerprint density at radius 2 is 1.69 bits per heavy atom. The Morgan fingerprint density at radius 3 is 2.27 bits per heavy atom. The number of hydrogen-bond donors (Lipinski definition) is 2. The summed E-state index contributed by atoms with van der Waals surface area (Å²) in [5, 5.41) is 13.1. The molecule has 0 aromatic heterocycles. The molecule has 0 bridgehead atoms. The van der Waals surface area contributed by atoms with Crippen molar-refractivity contribution < 1.29 is 24.2 Å². The maximum absolute atomic E-state index is 12.2. The molecule has 0 spiro atoms. The molecule has 2 aromatic rings. The van der Waals surface area contributed by atoms with Gasteiger partial charge in [-0.1, -0.05) is 42.5 Å². The minimum Gasteiger partial charge on any atom is -0.497 e. The average molecular weight is 357 g/mol. The molecule has 0 saturated carbocycles. The Morgan fingerprint density at radius 1 is 1.04 bits per heavy atom. The zero-order valence-corrected chi connectivity index (χ0v) is 14.8. The second kappa shape index (κ2) is 9.58. The molecule has 2 unspecified atom stereocenters. The van der Waals surface area contributed by atoms with Crippen LogP contribution in [-0.4, -0.2) is 37.2 Å².